The average molecular weight is 249 g/mol. The molecule has 0 aliphatic carbocycles. The van der Waals surface area contributed by atoms with E-state index in [1.54, 1.807) is 6.07 Å². The fourth-order valence-electron chi connectivity index (χ4n) is 0.816. The zero-order valence-corrected chi connectivity index (χ0v) is 8.32. The lowest BCUT2D eigenvalue weighted by atomic mass is 10.2. The number of nitrogen functional groups attached to an aromatic ring is 1. The first-order chi connectivity index (χ1) is 5.54. The lowest BCUT2D eigenvalue weighted by molar-refractivity contribution is 0.100. The van der Waals surface area contributed by atoms with Gasteiger partial charge in [0.2, 0.25) is 0 Å². The van der Waals surface area contributed by atoms with Gasteiger partial charge >= 0.3 is 0 Å². The minimum Gasteiger partial charge on any atom is -0.398 e. The Labute approximate surface area is 82.8 Å². The lowest BCUT2D eigenvalue weighted by Gasteiger charge is -2.04. The van der Waals surface area contributed by atoms with E-state index in [-0.39, 0.29) is 5.56 Å². The Hall–Kier alpha value is -0.740. The van der Waals surface area contributed by atoms with Gasteiger partial charge in [-0.1, -0.05) is 11.6 Å². The van der Waals surface area contributed by atoms with E-state index in [9.17, 15) is 4.79 Å². The number of carbonyl (C=O) groups is 1. The Balaban J connectivity index is 3.43. The van der Waals surface area contributed by atoms with Crippen LogP contribution in [0.5, 0.6) is 0 Å². The number of amides is 1. The van der Waals surface area contributed by atoms with Gasteiger partial charge in [-0.25, -0.2) is 0 Å². The van der Waals surface area contributed by atoms with E-state index in [4.69, 9.17) is 23.1 Å². The fourth-order valence-corrected chi connectivity index (χ4v) is 1.53. The summed E-state index contributed by atoms with van der Waals surface area (Å²) in [4.78, 5) is 10.8. The molecule has 1 rings (SSSR count). The molecule has 0 radical (unpaired) electrons. The van der Waals surface area contributed by atoms with Gasteiger partial charge in [-0.15, -0.1) is 0 Å². The Kier molecular flexibility index (Phi) is 2.59. The first kappa shape index (κ1) is 9.35. The van der Waals surface area contributed by atoms with Gasteiger partial charge in [0.25, 0.3) is 5.91 Å². The number of hydrogen-bond acceptors (Lipinski definition) is 2. The minimum absolute atomic E-state index is 0.225. The summed E-state index contributed by atoms with van der Waals surface area (Å²) in [5, 5.41) is 0.415. The van der Waals surface area contributed by atoms with Crippen molar-refractivity contribution in [1.82, 2.24) is 0 Å². The number of benzene rings is 1. The van der Waals surface area contributed by atoms with Crippen molar-refractivity contribution in [3.05, 3.63) is 27.2 Å². The van der Waals surface area contributed by atoms with Crippen molar-refractivity contribution in [3.63, 3.8) is 0 Å². The van der Waals surface area contributed by atoms with Gasteiger partial charge in [-0.05, 0) is 28.1 Å². The quantitative estimate of drug-likeness (QED) is 0.745. The average Bonchev–Trinajstić information content (AvgIpc) is 1.97. The Morgan fingerprint density at radius 2 is 2.08 bits per heavy atom. The predicted molar refractivity (Wildman–Crippen MR) is 52.1 cm³/mol. The fraction of sp³-hybridized carbons (Fsp3) is 0. The van der Waals surface area contributed by atoms with Crippen LogP contribution in [0.1, 0.15) is 10.4 Å². The van der Waals surface area contributed by atoms with Gasteiger partial charge in [-0.2, -0.15) is 0 Å². The maximum Gasteiger partial charge on any atom is 0.251 e. The largest absolute Gasteiger partial charge is 0.398 e. The van der Waals surface area contributed by atoms with Crippen LogP contribution >= 0.6 is 27.5 Å². The van der Waals surface area contributed by atoms with Crippen molar-refractivity contribution in [1.29, 1.82) is 0 Å². The first-order valence-electron chi connectivity index (χ1n) is 3.07. The van der Waals surface area contributed by atoms with E-state index in [0.717, 1.165) is 0 Å². The molecule has 5 heteroatoms. The van der Waals surface area contributed by atoms with Gasteiger partial charge in [0.15, 0.2) is 0 Å². The summed E-state index contributed by atoms with van der Waals surface area (Å²) in [5.74, 6) is -0.595. The number of rotatable bonds is 1. The van der Waals surface area contributed by atoms with Gasteiger partial charge < -0.3 is 11.5 Å². The highest BCUT2D eigenvalue weighted by Crippen LogP contribution is 2.29. The van der Waals surface area contributed by atoms with Crippen molar-refractivity contribution in [2.75, 3.05) is 5.73 Å². The maximum absolute atomic E-state index is 10.8. The summed E-state index contributed by atoms with van der Waals surface area (Å²) in [7, 11) is 0. The molecule has 1 aromatic rings. The summed E-state index contributed by atoms with van der Waals surface area (Å²) < 4.78 is 0.441. The summed E-state index contributed by atoms with van der Waals surface area (Å²) in [6.07, 6.45) is 0. The molecular formula is C7H6BrClN2O. The number of nitrogens with two attached hydrogens (primary N) is 2. The monoisotopic (exact) mass is 248 g/mol. The second-order valence-electron chi connectivity index (χ2n) is 2.19. The maximum atomic E-state index is 10.8. The van der Waals surface area contributed by atoms with Gasteiger partial charge in [-0.3, -0.25) is 4.79 Å². The topological polar surface area (TPSA) is 69.1 Å². The molecule has 0 bridgehead atoms. The summed E-state index contributed by atoms with van der Waals surface area (Å²) >= 11 is 8.84. The van der Waals surface area contributed by atoms with Crippen LogP contribution < -0.4 is 11.5 Å². The molecule has 12 heavy (non-hydrogen) atoms. The SMILES string of the molecule is NC(=O)c1c(N)ccc(Cl)c1Br. The van der Waals surface area contributed by atoms with Crippen molar-refractivity contribution in [2.24, 2.45) is 5.73 Å². The molecule has 0 fully saturated rings. The highest BCUT2D eigenvalue weighted by Gasteiger charge is 2.12. The van der Waals surface area contributed by atoms with Gasteiger partial charge in [0.05, 0.1) is 15.1 Å². The van der Waals surface area contributed by atoms with Crippen LogP contribution in [0.2, 0.25) is 5.02 Å². The van der Waals surface area contributed by atoms with Crippen LogP contribution in [-0.2, 0) is 0 Å². The molecule has 0 aliphatic heterocycles. The van der Waals surface area contributed by atoms with E-state index < -0.39 is 5.91 Å². The Bertz CT molecular complexity index is 340. The highest BCUT2D eigenvalue weighted by molar-refractivity contribution is 9.10. The Morgan fingerprint density at radius 1 is 1.50 bits per heavy atom. The Morgan fingerprint density at radius 3 is 2.50 bits per heavy atom. The highest BCUT2D eigenvalue weighted by atomic mass is 79.9. The molecule has 4 N–H and O–H groups in total. The summed E-state index contributed by atoms with van der Waals surface area (Å²) in [6, 6.07) is 3.13. The lowest BCUT2D eigenvalue weighted by Crippen LogP contribution is -2.14. The van der Waals surface area contributed by atoms with Crippen molar-refractivity contribution in [2.45, 2.75) is 0 Å². The van der Waals surface area contributed by atoms with Crippen LogP contribution in [0.25, 0.3) is 0 Å². The predicted octanol–water partition coefficient (Wildman–Crippen LogP) is 1.78. The number of carbonyl (C=O) groups excluding carboxylic acids is 1. The number of halogens is 2. The molecule has 0 saturated heterocycles. The third kappa shape index (κ3) is 1.54. The second-order valence-corrected chi connectivity index (χ2v) is 3.39. The molecule has 1 aromatic carbocycles. The zero-order chi connectivity index (χ0) is 9.30. The molecule has 0 heterocycles. The van der Waals surface area contributed by atoms with Crippen LogP contribution in [0.4, 0.5) is 5.69 Å². The van der Waals surface area contributed by atoms with Crippen LogP contribution in [-0.4, -0.2) is 5.91 Å². The minimum atomic E-state index is -0.595. The summed E-state index contributed by atoms with van der Waals surface area (Å²) in [5.41, 5.74) is 11.1. The van der Waals surface area contributed by atoms with E-state index >= 15 is 0 Å². The van der Waals surface area contributed by atoms with Gasteiger partial charge in [0, 0.05) is 5.69 Å². The van der Waals surface area contributed by atoms with Crippen molar-refractivity contribution >= 4 is 39.1 Å². The molecular weight excluding hydrogens is 243 g/mol. The van der Waals surface area contributed by atoms with Crippen LogP contribution in [0, 0.1) is 0 Å². The molecule has 0 atom stereocenters. The molecule has 3 nitrogen and oxygen atoms in total. The normalized spacial score (nSPS) is 9.83. The summed E-state index contributed by atoms with van der Waals surface area (Å²) in [6.45, 7) is 0. The third-order valence-corrected chi connectivity index (χ3v) is 2.74. The number of primary amides is 1. The van der Waals surface area contributed by atoms with Crippen LogP contribution in [0.3, 0.4) is 0 Å². The molecule has 0 saturated carbocycles. The molecule has 0 spiro atoms. The number of anilines is 1. The second kappa shape index (κ2) is 3.33. The molecule has 0 aliphatic rings. The van der Waals surface area contributed by atoms with Gasteiger partial charge in [0.1, 0.15) is 0 Å². The van der Waals surface area contributed by atoms with E-state index in [2.05, 4.69) is 15.9 Å². The molecule has 0 unspecified atom stereocenters. The number of hydrogen-bond donors (Lipinski definition) is 2. The van der Waals surface area contributed by atoms with Crippen LogP contribution in [0.15, 0.2) is 16.6 Å². The van der Waals surface area contributed by atoms with E-state index in [0.29, 0.717) is 15.2 Å². The molecule has 1 amide bonds. The van der Waals surface area contributed by atoms with Crippen molar-refractivity contribution in [3.8, 4) is 0 Å². The standard InChI is InChI=1S/C7H6BrClN2O/c8-6-3(9)1-2-4(10)5(6)7(11)12/h1-2H,10H2,(H2,11,12). The van der Waals surface area contributed by atoms with E-state index in [1.165, 1.54) is 6.07 Å². The molecule has 64 valence electrons. The zero-order valence-electron chi connectivity index (χ0n) is 5.97. The van der Waals surface area contributed by atoms with Crippen molar-refractivity contribution < 1.29 is 4.79 Å². The smallest absolute Gasteiger partial charge is 0.251 e. The van der Waals surface area contributed by atoms with E-state index in [1.807, 2.05) is 0 Å². The molecule has 0 aromatic heterocycles. The third-order valence-electron chi connectivity index (χ3n) is 1.37. The first-order valence-corrected chi connectivity index (χ1v) is 4.24.